The molecule has 1 aliphatic carbocycles. The molecule has 1 rings (SSSR count). The largest absolute Gasteiger partial charge is 0.290 e. The van der Waals surface area contributed by atoms with Crippen molar-refractivity contribution in [2.24, 2.45) is 0 Å². The van der Waals surface area contributed by atoms with Crippen LogP contribution in [0, 0.1) is 0 Å². The highest BCUT2D eigenvalue weighted by Gasteiger charge is 2.23. The highest BCUT2D eigenvalue weighted by molar-refractivity contribution is 6.77. The first-order valence-corrected chi connectivity index (χ1v) is 9.52. The molecule has 84 valence electrons. The van der Waals surface area contributed by atoms with Crippen LogP contribution >= 0.6 is 0 Å². The first kappa shape index (κ1) is 12.4. The van der Waals surface area contributed by atoms with Crippen molar-refractivity contribution in [3.05, 3.63) is 23.8 Å². The van der Waals surface area contributed by atoms with Crippen LogP contribution in [0.5, 0.6) is 0 Å². The van der Waals surface area contributed by atoms with Crippen LogP contribution in [-0.4, -0.2) is 13.9 Å². The van der Waals surface area contributed by atoms with Crippen LogP contribution in [0.2, 0.25) is 25.7 Å². The zero-order valence-electron chi connectivity index (χ0n) is 10.2. The van der Waals surface area contributed by atoms with Gasteiger partial charge in [-0.1, -0.05) is 31.8 Å². The molecular weight excluding hydrogens is 200 g/mol. The highest BCUT2D eigenvalue weighted by Crippen LogP contribution is 2.31. The quantitative estimate of drug-likeness (QED) is 0.520. The molecule has 0 amide bonds. The molecule has 15 heavy (non-hydrogen) atoms. The van der Waals surface area contributed by atoms with Crippen LogP contribution in [0.1, 0.15) is 25.7 Å². The zero-order chi connectivity index (χ0) is 11.5. The molecule has 0 aromatic carbocycles. The Balaban J connectivity index is 2.92. The van der Waals surface area contributed by atoms with E-state index in [4.69, 9.17) is 0 Å². The normalized spacial score (nSPS) is 16.6. The number of rotatable bonds is 4. The molecule has 0 spiro atoms. The second-order valence-electron chi connectivity index (χ2n) is 5.60. The molecular formula is C13H22OSi. The van der Waals surface area contributed by atoms with Crippen molar-refractivity contribution >= 4 is 13.9 Å². The first-order valence-electron chi connectivity index (χ1n) is 5.82. The molecule has 1 saturated carbocycles. The third-order valence-corrected chi connectivity index (χ3v) is 4.24. The zero-order valence-corrected chi connectivity index (χ0v) is 11.2. The van der Waals surface area contributed by atoms with E-state index in [1.165, 1.54) is 24.5 Å². The molecule has 1 fully saturated rings. The Labute approximate surface area is 94.3 Å². The lowest BCUT2D eigenvalue weighted by molar-refractivity contribution is -0.111. The Kier molecular flexibility index (Phi) is 4.09. The summed E-state index contributed by atoms with van der Waals surface area (Å²) in [6.07, 6.45) is 6.28. The van der Waals surface area contributed by atoms with E-state index in [1.807, 2.05) is 0 Å². The summed E-state index contributed by atoms with van der Waals surface area (Å²) < 4.78 is 0. The summed E-state index contributed by atoms with van der Waals surface area (Å²) in [4.78, 5) is 11.8. The fraction of sp³-hybridized carbons (Fsp3) is 0.615. The van der Waals surface area contributed by atoms with Crippen molar-refractivity contribution in [2.75, 3.05) is 0 Å². The van der Waals surface area contributed by atoms with E-state index in [1.54, 1.807) is 0 Å². The van der Waals surface area contributed by atoms with Crippen molar-refractivity contribution in [3.8, 4) is 0 Å². The number of ketones is 1. The topological polar surface area (TPSA) is 17.1 Å². The number of hydrogen-bond donors (Lipinski definition) is 0. The summed E-state index contributed by atoms with van der Waals surface area (Å²) >= 11 is 0. The van der Waals surface area contributed by atoms with E-state index >= 15 is 0 Å². The molecule has 2 heteroatoms. The maximum Gasteiger partial charge on any atom is 0.180 e. The van der Waals surface area contributed by atoms with Gasteiger partial charge in [-0.05, 0) is 43.4 Å². The molecule has 0 bridgehead atoms. The standard InChI is InChI=1S/C13H22OSi/c1-5-13(14)12(10-15(2,3)4)11-8-6-7-9-11/h5H,1,6-10H2,2-4H3. The minimum absolute atomic E-state index is 0.175. The van der Waals surface area contributed by atoms with Crippen LogP contribution in [0.15, 0.2) is 23.8 Å². The number of carbonyl (C=O) groups is 1. The summed E-state index contributed by atoms with van der Waals surface area (Å²) in [6.45, 7) is 10.6. The lowest BCUT2D eigenvalue weighted by atomic mass is 10.0. The molecule has 0 saturated heterocycles. The van der Waals surface area contributed by atoms with Crippen molar-refractivity contribution in [1.82, 2.24) is 0 Å². The lowest BCUT2D eigenvalue weighted by Crippen LogP contribution is -2.22. The van der Waals surface area contributed by atoms with Crippen LogP contribution in [0.25, 0.3) is 0 Å². The molecule has 0 aromatic heterocycles. The van der Waals surface area contributed by atoms with Gasteiger partial charge in [-0.3, -0.25) is 4.79 Å². The Morgan fingerprint density at radius 3 is 2.27 bits per heavy atom. The SMILES string of the molecule is C=CC(=O)C(C[Si](C)(C)C)=C1CCCC1. The monoisotopic (exact) mass is 222 g/mol. The maximum absolute atomic E-state index is 11.8. The van der Waals surface area contributed by atoms with Gasteiger partial charge in [0.15, 0.2) is 5.78 Å². The lowest BCUT2D eigenvalue weighted by Gasteiger charge is -2.19. The Morgan fingerprint density at radius 1 is 1.33 bits per heavy atom. The van der Waals surface area contributed by atoms with Gasteiger partial charge in [0.1, 0.15) is 0 Å². The van der Waals surface area contributed by atoms with E-state index in [-0.39, 0.29) is 5.78 Å². The van der Waals surface area contributed by atoms with Crippen molar-refractivity contribution in [1.29, 1.82) is 0 Å². The van der Waals surface area contributed by atoms with Gasteiger partial charge in [0.05, 0.1) is 0 Å². The number of carbonyl (C=O) groups excluding carboxylic acids is 1. The summed E-state index contributed by atoms with van der Waals surface area (Å²) in [5.74, 6) is 0.175. The average molecular weight is 222 g/mol. The predicted octanol–water partition coefficient (Wildman–Crippen LogP) is 3.95. The highest BCUT2D eigenvalue weighted by atomic mass is 28.3. The second kappa shape index (κ2) is 4.93. The van der Waals surface area contributed by atoms with Gasteiger partial charge < -0.3 is 0 Å². The number of allylic oxidation sites excluding steroid dienone is 3. The van der Waals surface area contributed by atoms with Gasteiger partial charge in [0, 0.05) is 8.07 Å². The third kappa shape index (κ3) is 3.78. The maximum atomic E-state index is 11.8. The minimum Gasteiger partial charge on any atom is -0.290 e. The van der Waals surface area contributed by atoms with Crippen LogP contribution in [0.3, 0.4) is 0 Å². The molecule has 0 unspecified atom stereocenters. The average Bonchev–Trinajstić information content (AvgIpc) is 2.64. The van der Waals surface area contributed by atoms with Gasteiger partial charge in [-0.15, -0.1) is 0 Å². The van der Waals surface area contributed by atoms with E-state index in [2.05, 4.69) is 26.2 Å². The second-order valence-corrected chi connectivity index (χ2v) is 11.1. The van der Waals surface area contributed by atoms with E-state index in [0.717, 1.165) is 24.5 Å². The van der Waals surface area contributed by atoms with Gasteiger partial charge in [-0.2, -0.15) is 0 Å². The van der Waals surface area contributed by atoms with Crippen LogP contribution in [0.4, 0.5) is 0 Å². The van der Waals surface area contributed by atoms with Gasteiger partial charge >= 0.3 is 0 Å². The summed E-state index contributed by atoms with van der Waals surface area (Å²) in [7, 11) is -1.19. The smallest absolute Gasteiger partial charge is 0.180 e. The van der Waals surface area contributed by atoms with E-state index < -0.39 is 8.07 Å². The molecule has 0 heterocycles. The molecule has 1 aliphatic rings. The molecule has 0 N–H and O–H groups in total. The Hall–Kier alpha value is -0.633. The first-order chi connectivity index (χ1) is 6.94. The van der Waals surface area contributed by atoms with E-state index in [9.17, 15) is 4.79 Å². The Bertz CT molecular complexity index is 286. The fourth-order valence-electron chi connectivity index (χ4n) is 2.14. The summed E-state index contributed by atoms with van der Waals surface area (Å²) in [5.41, 5.74) is 2.52. The molecule has 0 radical (unpaired) electrons. The predicted molar refractivity (Wildman–Crippen MR) is 68.9 cm³/mol. The molecule has 0 aliphatic heterocycles. The Morgan fingerprint density at radius 2 is 1.87 bits per heavy atom. The fourth-order valence-corrected chi connectivity index (χ4v) is 3.63. The van der Waals surface area contributed by atoms with Crippen LogP contribution < -0.4 is 0 Å². The van der Waals surface area contributed by atoms with Gasteiger partial charge in [0.2, 0.25) is 0 Å². The van der Waals surface area contributed by atoms with E-state index in [0.29, 0.717) is 0 Å². The van der Waals surface area contributed by atoms with Gasteiger partial charge in [0.25, 0.3) is 0 Å². The van der Waals surface area contributed by atoms with Gasteiger partial charge in [-0.25, -0.2) is 0 Å². The molecule has 0 atom stereocenters. The minimum atomic E-state index is -1.19. The summed E-state index contributed by atoms with van der Waals surface area (Å²) in [6, 6.07) is 1.02. The van der Waals surface area contributed by atoms with Crippen molar-refractivity contribution in [3.63, 3.8) is 0 Å². The van der Waals surface area contributed by atoms with Crippen molar-refractivity contribution < 1.29 is 4.79 Å². The summed E-state index contributed by atoms with van der Waals surface area (Å²) in [5, 5.41) is 0. The third-order valence-electron chi connectivity index (χ3n) is 2.82. The number of hydrogen-bond acceptors (Lipinski definition) is 1. The molecule has 0 aromatic rings. The molecule has 1 nitrogen and oxygen atoms in total. The van der Waals surface area contributed by atoms with Crippen LogP contribution in [-0.2, 0) is 4.79 Å². The van der Waals surface area contributed by atoms with Crippen molar-refractivity contribution in [2.45, 2.75) is 51.4 Å².